The highest BCUT2D eigenvalue weighted by Gasteiger charge is 2.24. The Hall–Kier alpha value is -1.35. The largest absolute Gasteiger partial charge is 0.488 e. The zero-order valence-electron chi connectivity index (χ0n) is 8.14. The molecule has 0 atom stereocenters. The fraction of sp³-hybridized carbons (Fsp3) is 0.364. The monoisotopic (exact) mass is 191 g/mol. The first-order valence-electron chi connectivity index (χ1n) is 4.68. The van der Waals surface area contributed by atoms with Crippen molar-refractivity contribution in [1.29, 1.82) is 0 Å². The van der Waals surface area contributed by atoms with Crippen molar-refractivity contribution < 1.29 is 9.53 Å². The van der Waals surface area contributed by atoms with Gasteiger partial charge in [0.05, 0.1) is 0 Å². The lowest BCUT2D eigenvalue weighted by Crippen LogP contribution is -2.51. The molecule has 1 aliphatic rings. The second-order valence-corrected chi connectivity index (χ2v) is 3.65. The third-order valence-corrected chi connectivity index (χ3v) is 2.33. The van der Waals surface area contributed by atoms with E-state index in [1.165, 1.54) is 0 Å². The minimum Gasteiger partial charge on any atom is -0.488 e. The lowest BCUT2D eigenvalue weighted by molar-refractivity contribution is 0.0388. The Morgan fingerprint density at radius 1 is 1.50 bits per heavy atom. The summed E-state index contributed by atoms with van der Waals surface area (Å²) < 4.78 is 5.66. The number of ether oxygens (including phenoxy) is 1. The van der Waals surface area contributed by atoms with Crippen LogP contribution < -0.4 is 4.74 Å². The molecule has 14 heavy (non-hydrogen) atoms. The molecule has 3 nitrogen and oxygen atoms in total. The lowest BCUT2D eigenvalue weighted by Gasteiger charge is -2.36. The Balaban J connectivity index is 1.98. The standard InChI is InChI=1S/C11H13NO2/c1-12-6-11(7-12)14-10-4-2-3-9(5-10)8-13/h2-5,8,11H,6-7H2,1H3. The van der Waals surface area contributed by atoms with Crippen molar-refractivity contribution in [2.45, 2.75) is 6.10 Å². The average molecular weight is 191 g/mol. The summed E-state index contributed by atoms with van der Waals surface area (Å²) in [5.41, 5.74) is 0.662. The molecular formula is C11H13NO2. The maximum absolute atomic E-state index is 10.5. The van der Waals surface area contributed by atoms with E-state index >= 15 is 0 Å². The van der Waals surface area contributed by atoms with Gasteiger partial charge in [-0.2, -0.15) is 0 Å². The molecule has 74 valence electrons. The van der Waals surface area contributed by atoms with E-state index < -0.39 is 0 Å². The van der Waals surface area contributed by atoms with Crippen LogP contribution in [0.2, 0.25) is 0 Å². The Morgan fingerprint density at radius 3 is 2.93 bits per heavy atom. The number of aldehydes is 1. The average Bonchev–Trinajstić information content (AvgIpc) is 2.16. The zero-order chi connectivity index (χ0) is 9.97. The van der Waals surface area contributed by atoms with Crippen molar-refractivity contribution in [1.82, 2.24) is 4.90 Å². The predicted molar refractivity (Wildman–Crippen MR) is 53.7 cm³/mol. The first-order valence-corrected chi connectivity index (χ1v) is 4.68. The summed E-state index contributed by atoms with van der Waals surface area (Å²) in [4.78, 5) is 12.7. The van der Waals surface area contributed by atoms with Gasteiger partial charge in [0.25, 0.3) is 0 Å². The van der Waals surface area contributed by atoms with Crippen LogP contribution in [0.5, 0.6) is 5.75 Å². The summed E-state index contributed by atoms with van der Waals surface area (Å²) >= 11 is 0. The fourth-order valence-corrected chi connectivity index (χ4v) is 1.57. The first-order chi connectivity index (χ1) is 6.78. The molecule has 0 N–H and O–H groups in total. The van der Waals surface area contributed by atoms with E-state index in [4.69, 9.17) is 4.74 Å². The van der Waals surface area contributed by atoms with Gasteiger partial charge >= 0.3 is 0 Å². The van der Waals surface area contributed by atoms with Gasteiger partial charge in [0.2, 0.25) is 0 Å². The van der Waals surface area contributed by atoms with Gasteiger partial charge < -0.3 is 4.74 Å². The van der Waals surface area contributed by atoms with Gasteiger partial charge in [0.1, 0.15) is 18.1 Å². The highest BCUT2D eigenvalue weighted by atomic mass is 16.5. The van der Waals surface area contributed by atoms with Crippen LogP contribution in [0.4, 0.5) is 0 Å². The third-order valence-electron chi connectivity index (χ3n) is 2.33. The molecule has 0 aromatic heterocycles. The molecule has 0 saturated carbocycles. The first kappa shape index (κ1) is 9.21. The molecule has 0 aliphatic carbocycles. The van der Waals surface area contributed by atoms with Crippen LogP contribution in [0.3, 0.4) is 0 Å². The van der Waals surface area contributed by atoms with Gasteiger partial charge in [-0.05, 0) is 19.2 Å². The second-order valence-electron chi connectivity index (χ2n) is 3.65. The van der Waals surface area contributed by atoms with E-state index in [0.717, 1.165) is 25.1 Å². The molecule has 0 bridgehead atoms. The normalized spacial score (nSPS) is 17.5. The maximum atomic E-state index is 10.5. The van der Waals surface area contributed by atoms with E-state index in [1.54, 1.807) is 12.1 Å². The smallest absolute Gasteiger partial charge is 0.150 e. The van der Waals surface area contributed by atoms with Gasteiger partial charge in [0.15, 0.2) is 0 Å². The third kappa shape index (κ3) is 1.93. The maximum Gasteiger partial charge on any atom is 0.150 e. The molecule has 0 radical (unpaired) electrons. The quantitative estimate of drug-likeness (QED) is 0.672. The molecule has 1 heterocycles. The molecule has 1 aromatic rings. The topological polar surface area (TPSA) is 29.5 Å². The van der Waals surface area contributed by atoms with Crippen LogP contribution in [0, 0.1) is 0 Å². The van der Waals surface area contributed by atoms with Crippen LogP contribution in [-0.2, 0) is 0 Å². The van der Waals surface area contributed by atoms with Gasteiger partial charge in [-0.1, -0.05) is 12.1 Å². The van der Waals surface area contributed by atoms with Crippen LogP contribution in [0.15, 0.2) is 24.3 Å². The molecule has 3 heteroatoms. The Morgan fingerprint density at radius 2 is 2.29 bits per heavy atom. The van der Waals surface area contributed by atoms with Crippen molar-refractivity contribution >= 4 is 6.29 Å². The second kappa shape index (κ2) is 3.80. The van der Waals surface area contributed by atoms with Crippen molar-refractivity contribution in [3.63, 3.8) is 0 Å². The van der Waals surface area contributed by atoms with E-state index in [9.17, 15) is 4.79 Å². The molecule has 2 rings (SSSR count). The van der Waals surface area contributed by atoms with Crippen LogP contribution in [0.25, 0.3) is 0 Å². The molecule has 1 fully saturated rings. The van der Waals surface area contributed by atoms with E-state index in [1.807, 2.05) is 12.1 Å². The van der Waals surface area contributed by atoms with E-state index in [0.29, 0.717) is 5.56 Å². The van der Waals surface area contributed by atoms with Crippen LogP contribution >= 0.6 is 0 Å². The predicted octanol–water partition coefficient (Wildman–Crippen LogP) is 1.19. The van der Waals surface area contributed by atoms with Gasteiger partial charge in [-0.15, -0.1) is 0 Å². The highest BCUT2D eigenvalue weighted by molar-refractivity contribution is 5.75. The Bertz CT molecular complexity index is 332. The van der Waals surface area contributed by atoms with Crippen molar-refractivity contribution in [3.05, 3.63) is 29.8 Å². The number of nitrogens with zero attached hydrogens (tertiary/aromatic N) is 1. The molecule has 1 aromatic carbocycles. The summed E-state index contributed by atoms with van der Waals surface area (Å²) in [6.45, 7) is 1.93. The number of likely N-dealkylation sites (N-methyl/N-ethyl adjacent to an activating group) is 1. The van der Waals surface area contributed by atoms with E-state index in [2.05, 4.69) is 11.9 Å². The number of benzene rings is 1. The summed E-state index contributed by atoms with van der Waals surface area (Å²) in [6, 6.07) is 7.25. The van der Waals surface area contributed by atoms with Gasteiger partial charge in [0, 0.05) is 18.7 Å². The Labute approximate surface area is 83.3 Å². The van der Waals surface area contributed by atoms with Gasteiger partial charge in [-0.25, -0.2) is 0 Å². The minimum absolute atomic E-state index is 0.280. The SMILES string of the molecule is CN1CC(Oc2cccc(C=O)c2)C1. The molecule has 0 unspecified atom stereocenters. The number of rotatable bonds is 3. The van der Waals surface area contributed by atoms with Crippen LogP contribution in [0.1, 0.15) is 10.4 Å². The number of likely N-dealkylation sites (tertiary alicyclic amines) is 1. The lowest BCUT2D eigenvalue weighted by atomic mass is 10.2. The highest BCUT2D eigenvalue weighted by Crippen LogP contribution is 2.17. The van der Waals surface area contributed by atoms with E-state index in [-0.39, 0.29) is 6.10 Å². The van der Waals surface area contributed by atoms with Crippen LogP contribution in [-0.4, -0.2) is 37.4 Å². The molecule has 1 saturated heterocycles. The number of hydrogen-bond donors (Lipinski definition) is 0. The fourth-order valence-electron chi connectivity index (χ4n) is 1.57. The summed E-state index contributed by atoms with van der Waals surface area (Å²) in [5.74, 6) is 0.785. The Kier molecular flexibility index (Phi) is 2.50. The summed E-state index contributed by atoms with van der Waals surface area (Å²) in [5, 5.41) is 0. The number of hydrogen-bond acceptors (Lipinski definition) is 3. The number of carbonyl (C=O) groups excluding carboxylic acids is 1. The summed E-state index contributed by atoms with van der Waals surface area (Å²) in [6.07, 6.45) is 1.11. The molecule has 0 spiro atoms. The van der Waals surface area contributed by atoms with Crippen molar-refractivity contribution in [3.8, 4) is 5.75 Å². The van der Waals surface area contributed by atoms with Crippen molar-refractivity contribution in [2.75, 3.05) is 20.1 Å². The molecular weight excluding hydrogens is 178 g/mol. The zero-order valence-corrected chi connectivity index (χ0v) is 8.14. The molecule has 0 amide bonds. The van der Waals surface area contributed by atoms with Crippen molar-refractivity contribution in [2.24, 2.45) is 0 Å². The molecule has 1 aliphatic heterocycles. The summed E-state index contributed by atoms with van der Waals surface area (Å²) in [7, 11) is 2.06. The number of carbonyl (C=O) groups is 1. The van der Waals surface area contributed by atoms with Gasteiger partial charge in [-0.3, -0.25) is 9.69 Å². The minimum atomic E-state index is 0.280.